The third-order valence-electron chi connectivity index (χ3n) is 3.55. The topological polar surface area (TPSA) is 75.6 Å². The number of hydrogen-bond acceptors (Lipinski definition) is 3. The van der Waals surface area contributed by atoms with Gasteiger partial charge in [-0.05, 0) is 25.0 Å². The number of ether oxygens (including phenoxy) is 1. The molecule has 0 aliphatic rings. The third kappa shape index (κ3) is 5.23. The molecule has 1 rings (SSSR count). The SMILES string of the molecule is COCC(C)(NC(=O)C(C)Cc1cccc(C(F)(F)F)c1)C(=O)O. The molecule has 0 aliphatic heterocycles. The van der Waals surface area contributed by atoms with Gasteiger partial charge in [-0.2, -0.15) is 13.2 Å². The minimum atomic E-state index is -4.46. The van der Waals surface area contributed by atoms with Crippen molar-refractivity contribution in [1.29, 1.82) is 0 Å². The standard InChI is InChI=1S/C16H20F3NO4/c1-10(13(21)20-15(2,9-24-3)14(22)23)7-11-5-4-6-12(8-11)16(17,18)19/h4-6,8,10H,7,9H2,1-3H3,(H,20,21)(H,22,23). The largest absolute Gasteiger partial charge is 0.479 e. The van der Waals surface area contributed by atoms with Crippen molar-refractivity contribution in [2.24, 2.45) is 5.92 Å². The molecule has 1 amide bonds. The van der Waals surface area contributed by atoms with Crippen LogP contribution in [0.1, 0.15) is 25.0 Å². The molecule has 2 N–H and O–H groups in total. The van der Waals surface area contributed by atoms with Crippen LogP contribution in [0.15, 0.2) is 24.3 Å². The van der Waals surface area contributed by atoms with Crippen molar-refractivity contribution in [3.05, 3.63) is 35.4 Å². The quantitative estimate of drug-likeness (QED) is 0.795. The van der Waals surface area contributed by atoms with E-state index in [2.05, 4.69) is 5.32 Å². The maximum Gasteiger partial charge on any atom is 0.416 e. The molecule has 0 heterocycles. The minimum absolute atomic E-state index is 0.0540. The van der Waals surface area contributed by atoms with Crippen LogP contribution in [0.5, 0.6) is 0 Å². The van der Waals surface area contributed by atoms with E-state index in [4.69, 9.17) is 4.74 Å². The van der Waals surface area contributed by atoms with E-state index in [1.807, 2.05) is 0 Å². The van der Waals surface area contributed by atoms with Crippen LogP contribution in [-0.4, -0.2) is 36.2 Å². The van der Waals surface area contributed by atoms with E-state index in [9.17, 15) is 27.9 Å². The Morgan fingerprint density at radius 2 is 1.96 bits per heavy atom. The summed E-state index contributed by atoms with van der Waals surface area (Å²) >= 11 is 0. The Bertz CT molecular complexity index is 603. The van der Waals surface area contributed by atoms with Crippen molar-refractivity contribution in [3.63, 3.8) is 0 Å². The van der Waals surface area contributed by atoms with E-state index >= 15 is 0 Å². The van der Waals surface area contributed by atoms with E-state index in [0.717, 1.165) is 12.1 Å². The Hall–Kier alpha value is -2.09. The van der Waals surface area contributed by atoms with Gasteiger partial charge in [0, 0.05) is 13.0 Å². The molecule has 0 spiro atoms. The van der Waals surface area contributed by atoms with Crippen LogP contribution in [0.4, 0.5) is 13.2 Å². The first-order valence-corrected chi connectivity index (χ1v) is 7.20. The van der Waals surface area contributed by atoms with Crippen LogP contribution in [0.2, 0.25) is 0 Å². The number of aliphatic carboxylic acids is 1. The molecule has 0 saturated carbocycles. The summed E-state index contributed by atoms with van der Waals surface area (Å²) in [5.74, 6) is -2.54. The molecule has 8 heteroatoms. The van der Waals surface area contributed by atoms with Crippen molar-refractivity contribution in [2.45, 2.75) is 32.0 Å². The van der Waals surface area contributed by atoms with Gasteiger partial charge in [-0.15, -0.1) is 0 Å². The summed E-state index contributed by atoms with van der Waals surface area (Å²) in [4.78, 5) is 23.4. The van der Waals surface area contributed by atoms with Crippen LogP contribution in [0.25, 0.3) is 0 Å². The molecule has 2 atom stereocenters. The number of benzene rings is 1. The number of carboxylic acid groups (broad SMARTS) is 1. The monoisotopic (exact) mass is 347 g/mol. The minimum Gasteiger partial charge on any atom is -0.479 e. The molecule has 1 aromatic rings. The van der Waals surface area contributed by atoms with Gasteiger partial charge in [-0.1, -0.05) is 25.1 Å². The molecule has 0 bridgehead atoms. The van der Waals surface area contributed by atoms with E-state index in [-0.39, 0.29) is 13.0 Å². The molecule has 0 saturated heterocycles. The highest BCUT2D eigenvalue weighted by molar-refractivity contribution is 5.87. The molecule has 134 valence electrons. The first kappa shape index (κ1) is 20.0. The molecule has 2 unspecified atom stereocenters. The summed E-state index contributed by atoms with van der Waals surface area (Å²) in [6.07, 6.45) is -4.40. The van der Waals surface area contributed by atoms with Gasteiger partial charge in [0.2, 0.25) is 5.91 Å². The van der Waals surface area contributed by atoms with Crippen LogP contribution < -0.4 is 5.32 Å². The molecule has 1 aromatic carbocycles. The summed E-state index contributed by atoms with van der Waals surface area (Å²) in [6.45, 7) is 2.59. The summed E-state index contributed by atoms with van der Waals surface area (Å²) in [7, 11) is 1.30. The number of carboxylic acids is 1. The van der Waals surface area contributed by atoms with Crippen LogP contribution in [-0.2, 0) is 26.9 Å². The molecule has 0 radical (unpaired) electrons. The first-order valence-electron chi connectivity index (χ1n) is 7.20. The lowest BCUT2D eigenvalue weighted by atomic mass is 9.96. The maximum absolute atomic E-state index is 12.7. The van der Waals surface area contributed by atoms with Gasteiger partial charge in [0.25, 0.3) is 0 Å². The van der Waals surface area contributed by atoms with Gasteiger partial charge < -0.3 is 15.2 Å². The van der Waals surface area contributed by atoms with E-state index in [1.165, 1.54) is 33.1 Å². The highest BCUT2D eigenvalue weighted by atomic mass is 19.4. The maximum atomic E-state index is 12.7. The number of halogens is 3. The number of nitrogens with one attached hydrogen (secondary N) is 1. The third-order valence-corrected chi connectivity index (χ3v) is 3.55. The molecular weight excluding hydrogens is 327 g/mol. The van der Waals surface area contributed by atoms with Crippen molar-refractivity contribution >= 4 is 11.9 Å². The van der Waals surface area contributed by atoms with Gasteiger partial charge in [-0.25, -0.2) is 4.79 Å². The number of carbonyl (C=O) groups excluding carboxylic acids is 1. The van der Waals surface area contributed by atoms with Crippen molar-refractivity contribution in [1.82, 2.24) is 5.32 Å². The molecule has 0 fully saturated rings. The highest BCUT2D eigenvalue weighted by Crippen LogP contribution is 2.30. The van der Waals surface area contributed by atoms with E-state index in [1.54, 1.807) is 0 Å². The normalized spacial score (nSPS) is 15.4. The second-order valence-electron chi connectivity index (χ2n) is 5.86. The number of hydrogen-bond donors (Lipinski definition) is 2. The van der Waals surface area contributed by atoms with Crippen LogP contribution in [0.3, 0.4) is 0 Å². The zero-order chi connectivity index (χ0) is 18.5. The fraction of sp³-hybridized carbons (Fsp3) is 0.500. The lowest BCUT2D eigenvalue weighted by molar-refractivity contribution is -0.149. The van der Waals surface area contributed by atoms with Crippen LogP contribution >= 0.6 is 0 Å². The second-order valence-corrected chi connectivity index (χ2v) is 5.86. The Morgan fingerprint density at radius 1 is 1.33 bits per heavy atom. The highest BCUT2D eigenvalue weighted by Gasteiger charge is 2.36. The van der Waals surface area contributed by atoms with Gasteiger partial charge in [0.15, 0.2) is 5.54 Å². The van der Waals surface area contributed by atoms with Crippen molar-refractivity contribution < 1.29 is 32.6 Å². The Labute approximate surface area is 137 Å². The number of alkyl halides is 3. The van der Waals surface area contributed by atoms with E-state index in [0.29, 0.717) is 5.56 Å². The number of carbonyl (C=O) groups is 2. The van der Waals surface area contributed by atoms with E-state index < -0.39 is 35.1 Å². The van der Waals surface area contributed by atoms with Gasteiger partial charge in [-0.3, -0.25) is 4.79 Å². The molecule has 0 aliphatic carbocycles. The van der Waals surface area contributed by atoms with Gasteiger partial charge in [0.05, 0.1) is 12.2 Å². The Morgan fingerprint density at radius 3 is 2.46 bits per heavy atom. The fourth-order valence-corrected chi connectivity index (χ4v) is 2.16. The Kier molecular flexibility index (Phi) is 6.36. The summed E-state index contributed by atoms with van der Waals surface area (Å²) < 4.78 is 42.9. The summed E-state index contributed by atoms with van der Waals surface area (Å²) in [5, 5.41) is 11.6. The zero-order valence-corrected chi connectivity index (χ0v) is 13.6. The average Bonchev–Trinajstić information content (AvgIpc) is 2.46. The second kappa shape index (κ2) is 7.65. The predicted octanol–water partition coefficient (Wildman–Crippen LogP) is 2.49. The van der Waals surface area contributed by atoms with Gasteiger partial charge >= 0.3 is 12.1 Å². The molecular formula is C16H20F3NO4. The number of amides is 1. The number of methoxy groups -OCH3 is 1. The lowest BCUT2D eigenvalue weighted by Gasteiger charge is -2.27. The Balaban J connectivity index is 2.82. The lowest BCUT2D eigenvalue weighted by Crippen LogP contribution is -2.56. The summed E-state index contributed by atoms with van der Waals surface area (Å²) in [6, 6.07) is 4.70. The van der Waals surface area contributed by atoms with Crippen molar-refractivity contribution in [3.8, 4) is 0 Å². The fourth-order valence-electron chi connectivity index (χ4n) is 2.16. The molecule has 24 heavy (non-hydrogen) atoms. The molecule has 5 nitrogen and oxygen atoms in total. The zero-order valence-electron chi connectivity index (χ0n) is 13.6. The predicted molar refractivity (Wildman–Crippen MR) is 80.4 cm³/mol. The smallest absolute Gasteiger partial charge is 0.416 e. The van der Waals surface area contributed by atoms with Crippen molar-refractivity contribution in [2.75, 3.05) is 13.7 Å². The molecule has 0 aromatic heterocycles. The first-order chi connectivity index (χ1) is 11.0. The van der Waals surface area contributed by atoms with Gasteiger partial charge in [0.1, 0.15) is 0 Å². The average molecular weight is 347 g/mol. The summed E-state index contributed by atoms with van der Waals surface area (Å²) in [5.41, 5.74) is -2.05. The number of rotatable bonds is 7. The van der Waals surface area contributed by atoms with Crippen LogP contribution in [0, 0.1) is 5.92 Å².